The number of phenolic OH excluding ortho intramolecular Hbond substituents is 1. The van der Waals surface area contributed by atoms with E-state index >= 15 is 0 Å². The lowest BCUT2D eigenvalue weighted by Gasteiger charge is -2.00. The van der Waals surface area contributed by atoms with Crippen LogP contribution in [0.3, 0.4) is 0 Å². The first kappa shape index (κ1) is 13.4. The second-order valence-electron chi connectivity index (χ2n) is 5.02. The summed E-state index contributed by atoms with van der Waals surface area (Å²) in [6.07, 6.45) is 1.57. The maximum atomic E-state index is 9.93. The normalized spacial score (nSPS) is 10.7. The van der Waals surface area contributed by atoms with Crippen molar-refractivity contribution in [1.82, 2.24) is 10.1 Å². The van der Waals surface area contributed by atoms with Crippen molar-refractivity contribution in [3.8, 4) is 17.2 Å². The molecule has 0 spiro atoms. The lowest BCUT2D eigenvalue weighted by molar-refractivity contribution is 0.417. The van der Waals surface area contributed by atoms with Crippen LogP contribution in [-0.2, 0) is 12.8 Å². The van der Waals surface area contributed by atoms with Gasteiger partial charge in [0.05, 0.1) is 5.56 Å². The maximum Gasteiger partial charge on any atom is 0.261 e. The highest BCUT2D eigenvalue weighted by molar-refractivity contribution is 5.62. The third-order valence-corrected chi connectivity index (χ3v) is 3.33. The summed E-state index contributed by atoms with van der Waals surface area (Å²) in [6, 6.07) is 15.6. The van der Waals surface area contributed by atoms with Crippen LogP contribution in [0.15, 0.2) is 53.1 Å². The number of aromatic nitrogens is 2. The lowest BCUT2D eigenvalue weighted by atomic mass is 10.1. The van der Waals surface area contributed by atoms with Crippen LogP contribution in [-0.4, -0.2) is 15.2 Å². The van der Waals surface area contributed by atoms with Gasteiger partial charge in [0.2, 0.25) is 0 Å². The molecule has 0 bridgehead atoms. The third kappa shape index (κ3) is 3.11. The Morgan fingerprint density at radius 1 is 1.05 bits per heavy atom. The molecule has 1 aromatic heterocycles. The number of benzene rings is 2. The Labute approximate surface area is 123 Å². The van der Waals surface area contributed by atoms with Crippen LogP contribution >= 0.6 is 0 Å². The highest BCUT2D eigenvalue weighted by Crippen LogP contribution is 2.28. The largest absolute Gasteiger partial charge is 0.507 e. The summed E-state index contributed by atoms with van der Waals surface area (Å²) in [6.45, 7) is 1.92. The summed E-state index contributed by atoms with van der Waals surface area (Å²) in [5.74, 6) is 1.16. The number of aromatic hydroxyl groups is 1. The fourth-order valence-corrected chi connectivity index (χ4v) is 2.19. The predicted octanol–water partition coefficient (Wildman–Crippen LogP) is 3.54. The summed E-state index contributed by atoms with van der Waals surface area (Å²) < 4.78 is 5.24. The summed E-state index contributed by atoms with van der Waals surface area (Å²) in [4.78, 5) is 4.35. The van der Waals surface area contributed by atoms with Crippen LogP contribution in [0.4, 0.5) is 0 Å². The molecule has 106 valence electrons. The Hall–Kier alpha value is -2.62. The summed E-state index contributed by atoms with van der Waals surface area (Å²) >= 11 is 0. The topological polar surface area (TPSA) is 59.2 Å². The van der Waals surface area contributed by atoms with Gasteiger partial charge in [0, 0.05) is 6.42 Å². The van der Waals surface area contributed by atoms with E-state index in [4.69, 9.17) is 4.52 Å². The monoisotopic (exact) mass is 280 g/mol. The van der Waals surface area contributed by atoms with E-state index in [-0.39, 0.29) is 5.75 Å². The Kier molecular flexibility index (Phi) is 3.69. The zero-order valence-corrected chi connectivity index (χ0v) is 11.8. The minimum atomic E-state index is 0.160. The van der Waals surface area contributed by atoms with Gasteiger partial charge in [0.1, 0.15) is 5.75 Å². The predicted molar refractivity (Wildman–Crippen MR) is 80.0 cm³/mol. The van der Waals surface area contributed by atoms with E-state index in [2.05, 4.69) is 22.3 Å². The number of nitrogens with zero attached hydrogens (tertiary/aromatic N) is 2. The Balaban J connectivity index is 1.74. The van der Waals surface area contributed by atoms with Gasteiger partial charge in [-0.05, 0) is 36.6 Å². The fraction of sp³-hybridized carbons (Fsp3) is 0.176. The molecule has 2 aromatic carbocycles. The number of phenols is 1. The standard InChI is InChI=1S/C17H16N2O2/c1-12-7-9-14(15(20)11-12)17-18-16(19-21-17)10-8-13-5-3-2-4-6-13/h2-7,9,11,20H,8,10H2,1H3. The van der Waals surface area contributed by atoms with Gasteiger partial charge in [0.25, 0.3) is 5.89 Å². The van der Waals surface area contributed by atoms with Gasteiger partial charge in [-0.1, -0.05) is 41.6 Å². The first-order valence-corrected chi connectivity index (χ1v) is 6.89. The zero-order chi connectivity index (χ0) is 14.7. The highest BCUT2D eigenvalue weighted by Gasteiger charge is 2.12. The molecule has 0 saturated carbocycles. The van der Waals surface area contributed by atoms with Crippen LogP contribution in [0.1, 0.15) is 17.0 Å². The van der Waals surface area contributed by atoms with Gasteiger partial charge in [0.15, 0.2) is 5.82 Å². The molecule has 4 heteroatoms. The van der Waals surface area contributed by atoms with Gasteiger partial charge in [-0.25, -0.2) is 0 Å². The molecule has 3 aromatic rings. The molecular formula is C17H16N2O2. The smallest absolute Gasteiger partial charge is 0.261 e. The second-order valence-corrected chi connectivity index (χ2v) is 5.02. The second kappa shape index (κ2) is 5.79. The van der Waals surface area contributed by atoms with E-state index in [1.165, 1.54) is 5.56 Å². The van der Waals surface area contributed by atoms with Crippen LogP contribution < -0.4 is 0 Å². The van der Waals surface area contributed by atoms with E-state index in [0.29, 0.717) is 23.7 Å². The van der Waals surface area contributed by atoms with Crippen molar-refractivity contribution in [3.05, 3.63) is 65.5 Å². The van der Waals surface area contributed by atoms with Crippen molar-refractivity contribution in [3.63, 3.8) is 0 Å². The molecule has 0 aliphatic rings. The minimum absolute atomic E-state index is 0.160. The molecule has 3 rings (SSSR count). The van der Waals surface area contributed by atoms with Crippen molar-refractivity contribution >= 4 is 0 Å². The first-order valence-electron chi connectivity index (χ1n) is 6.89. The summed E-state index contributed by atoms with van der Waals surface area (Å²) in [5, 5.41) is 13.9. The average molecular weight is 280 g/mol. The number of rotatable bonds is 4. The van der Waals surface area contributed by atoms with Crippen LogP contribution in [0.5, 0.6) is 5.75 Å². The highest BCUT2D eigenvalue weighted by atomic mass is 16.5. The number of aryl methyl sites for hydroxylation is 3. The Bertz CT molecular complexity index is 736. The summed E-state index contributed by atoms with van der Waals surface area (Å²) in [7, 11) is 0. The molecule has 0 aliphatic heterocycles. The third-order valence-electron chi connectivity index (χ3n) is 3.33. The quantitative estimate of drug-likeness (QED) is 0.794. The molecule has 0 amide bonds. The summed E-state index contributed by atoms with van der Waals surface area (Å²) in [5.41, 5.74) is 2.79. The Morgan fingerprint density at radius 2 is 1.86 bits per heavy atom. The van der Waals surface area contributed by atoms with Crippen LogP contribution in [0.2, 0.25) is 0 Å². The van der Waals surface area contributed by atoms with Crippen LogP contribution in [0, 0.1) is 6.92 Å². The van der Waals surface area contributed by atoms with E-state index in [0.717, 1.165) is 12.0 Å². The van der Waals surface area contributed by atoms with Crippen molar-refractivity contribution in [1.29, 1.82) is 0 Å². The van der Waals surface area contributed by atoms with E-state index in [1.807, 2.05) is 31.2 Å². The van der Waals surface area contributed by atoms with Gasteiger partial charge in [-0.3, -0.25) is 0 Å². The zero-order valence-electron chi connectivity index (χ0n) is 11.8. The molecule has 0 radical (unpaired) electrons. The molecule has 0 aliphatic carbocycles. The molecule has 0 atom stereocenters. The van der Waals surface area contributed by atoms with Gasteiger partial charge < -0.3 is 9.63 Å². The Morgan fingerprint density at radius 3 is 2.62 bits per heavy atom. The van der Waals surface area contributed by atoms with E-state index < -0.39 is 0 Å². The molecule has 0 fully saturated rings. The maximum absolute atomic E-state index is 9.93. The van der Waals surface area contributed by atoms with Gasteiger partial charge in [-0.15, -0.1) is 0 Å². The van der Waals surface area contributed by atoms with Crippen molar-refractivity contribution in [2.45, 2.75) is 19.8 Å². The molecule has 1 heterocycles. The minimum Gasteiger partial charge on any atom is -0.507 e. The molecule has 0 saturated heterocycles. The van der Waals surface area contributed by atoms with Crippen molar-refractivity contribution in [2.75, 3.05) is 0 Å². The number of hydrogen-bond acceptors (Lipinski definition) is 4. The number of hydrogen-bond donors (Lipinski definition) is 1. The molecular weight excluding hydrogens is 264 g/mol. The van der Waals surface area contributed by atoms with Crippen molar-refractivity contribution in [2.24, 2.45) is 0 Å². The molecule has 21 heavy (non-hydrogen) atoms. The molecule has 0 unspecified atom stereocenters. The first-order chi connectivity index (χ1) is 10.2. The van der Waals surface area contributed by atoms with E-state index in [1.54, 1.807) is 12.1 Å². The molecule has 1 N–H and O–H groups in total. The average Bonchev–Trinajstić information content (AvgIpc) is 2.95. The SMILES string of the molecule is Cc1ccc(-c2nc(CCc3ccccc3)no2)c(O)c1. The van der Waals surface area contributed by atoms with Crippen LogP contribution in [0.25, 0.3) is 11.5 Å². The fourth-order valence-electron chi connectivity index (χ4n) is 2.19. The van der Waals surface area contributed by atoms with Crippen molar-refractivity contribution < 1.29 is 9.63 Å². The van der Waals surface area contributed by atoms with Gasteiger partial charge >= 0.3 is 0 Å². The molecule has 4 nitrogen and oxygen atoms in total. The lowest BCUT2D eigenvalue weighted by Crippen LogP contribution is -1.93. The van der Waals surface area contributed by atoms with Gasteiger partial charge in [-0.2, -0.15) is 4.98 Å². The van der Waals surface area contributed by atoms with E-state index in [9.17, 15) is 5.11 Å².